The number of rotatable bonds is 5. The third-order valence-electron chi connectivity index (χ3n) is 4.53. The van der Waals surface area contributed by atoms with Crippen LogP contribution in [0.1, 0.15) is 36.6 Å². The van der Waals surface area contributed by atoms with Crippen molar-refractivity contribution in [3.8, 4) is 0 Å². The third-order valence-corrected chi connectivity index (χ3v) is 6.37. The summed E-state index contributed by atoms with van der Waals surface area (Å²) in [6.07, 6.45) is 0. The molecule has 2 aromatic rings. The van der Waals surface area contributed by atoms with Crippen molar-refractivity contribution in [2.45, 2.75) is 38.0 Å². The summed E-state index contributed by atoms with van der Waals surface area (Å²) in [4.78, 5) is 0.329. The Hall–Kier alpha value is -1.69. The molecule has 0 saturated carbocycles. The van der Waals surface area contributed by atoms with E-state index in [0.717, 1.165) is 16.7 Å². The smallest absolute Gasteiger partial charge is 0.243 e. The molecular weight excluding hydrogens is 322 g/mol. The van der Waals surface area contributed by atoms with Crippen molar-refractivity contribution in [1.82, 2.24) is 4.31 Å². The first-order valence-electron chi connectivity index (χ1n) is 8.14. The Kier molecular flexibility index (Phi) is 4.76. The molecule has 1 heterocycles. The molecule has 5 heteroatoms. The van der Waals surface area contributed by atoms with Crippen molar-refractivity contribution in [2.75, 3.05) is 7.05 Å². The van der Waals surface area contributed by atoms with Gasteiger partial charge in [0.1, 0.15) is 0 Å². The molecule has 0 aromatic heterocycles. The summed E-state index contributed by atoms with van der Waals surface area (Å²) in [5.74, 6) is 0.157. The largest absolute Gasteiger partial charge is 0.372 e. The van der Waals surface area contributed by atoms with Crippen LogP contribution in [0.5, 0.6) is 0 Å². The van der Waals surface area contributed by atoms with Crippen LogP contribution in [0.15, 0.2) is 53.4 Å². The second kappa shape index (κ2) is 6.67. The van der Waals surface area contributed by atoms with E-state index in [1.165, 1.54) is 4.31 Å². The van der Waals surface area contributed by atoms with Gasteiger partial charge in [-0.2, -0.15) is 4.31 Å². The van der Waals surface area contributed by atoms with Crippen LogP contribution in [0, 0.1) is 5.92 Å². The van der Waals surface area contributed by atoms with Crippen molar-refractivity contribution < 1.29 is 13.2 Å². The Morgan fingerprint density at radius 2 is 1.67 bits per heavy atom. The summed E-state index contributed by atoms with van der Waals surface area (Å²) in [6.45, 7) is 5.12. The van der Waals surface area contributed by atoms with E-state index in [-0.39, 0.29) is 12.0 Å². The van der Waals surface area contributed by atoms with E-state index in [2.05, 4.69) is 0 Å². The maximum absolute atomic E-state index is 13.1. The van der Waals surface area contributed by atoms with Crippen molar-refractivity contribution in [2.24, 2.45) is 5.92 Å². The summed E-state index contributed by atoms with van der Waals surface area (Å²) < 4.78 is 33.2. The van der Waals surface area contributed by atoms with Gasteiger partial charge in [0, 0.05) is 7.05 Å². The zero-order chi connectivity index (χ0) is 17.3. The van der Waals surface area contributed by atoms with Crippen LogP contribution in [0.2, 0.25) is 0 Å². The van der Waals surface area contributed by atoms with E-state index in [4.69, 9.17) is 4.74 Å². The molecule has 1 unspecified atom stereocenters. The first-order valence-corrected chi connectivity index (χ1v) is 9.58. The van der Waals surface area contributed by atoms with Crippen molar-refractivity contribution in [3.63, 3.8) is 0 Å². The van der Waals surface area contributed by atoms with Crippen LogP contribution >= 0.6 is 0 Å². The monoisotopic (exact) mass is 345 g/mol. The van der Waals surface area contributed by atoms with Gasteiger partial charge in [-0.25, -0.2) is 8.42 Å². The number of nitrogens with zero attached hydrogens (tertiary/aromatic N) is 1. The van der Waals surface area contributed by atoms with Crippen LogP contribution in [0.25, 0.3) is 0 Å². The highest BCUT2D eigenvalue weighted by molar-refractivity contribution is 7.89. The lowest BCUT2D eigenvalue weighted by Crippen LogP contribution is -2.34. The average Bonchev–Trinajstić information content (AvgIpc) is 3.03. The molecule has 2 aromatic carbocycles. The van der Waals surface area contributed by atoms with Gasteiger partial charge in [0.25, 0.3) is 0 Å². The molecule has 24 heavy (non-hydrogen) atoms. The number of sulfonamides is 1. The van der Waals surface area contributed by atoms with Crippen LogP contribution < -0.4 is 0 Å². The fraction of sp³-hybridized carbons (Fsp3) is 0.368. The predicted octanol–water partition coefficient (Wildman–Crippen LogP) is 3.73. The number of hydrogen-bond donors (Lipinski definition) is 0. The third kappa shape index (κ3) is 3.11. The van der Waals surface area contributed by atoms with E-state index in [0.29, 0.717) is 18.1 Å². The Bertz CT molecular complexity index is 816. The summed E-state index contributed by atoms with van der Waals surface area (Å²) in [6, 6.07) is 14.9. The molecule has 128 valence electrons. The van der Waals surface area contributed by atoms with Gasteiger partial charge in [0.2, 0.25) is 10.0 Å². The average molecular weight is 345 g/mol. The normalized spacial score (nSPS) is 15.7. The predicted molar refractivity (Wildman–Crippen MR) is 93.9 cm³/mol. The molecule has 0 saturated heterocycles. The lowest BCUT2D eigenvalue weighted by atomic mass is 9.96. The Morgan fingerprint density at radius 1 is 1.00 bits per heavy atom. The molecule has 0 aliphatic carbocycles. The Balaban J connectivity index is 1.98. The zero-order valence-corrected chi connectivity index (χ0v) is 15.1. The maximum Gasteiger partial charge on any atom is 0.243 e. The second-order valence-corrected chi connectivity index (χ2v) is 8.54. The standard InChI is InChI=1S/C19H23NO3S/c1-14(2)19(15-7-5-4-6-8-15)20(3)24(21,22)18-10-9-16-12-23-13-17(16)11-18/h4-11,14,19H,12-13H2,1-3H3. The van der Waals surface area contributed by atoms with Crippen molar-refractivity contribution >= 4 is 10.0 Å². The molecule has 0 bridgehead atoms. The molecule has 0 N–H and O–H groups in total. The quantitative estimate of drug-likeness (QED) is 0.829. The molecule has 0 radical (unpaired) electrons. The number of ether oxygens (including phenoxy) is 1. The molecular formula is C19H23NO3S. The second-order valence-electron chi connectivity index (χ2n) is 6.54. The molecule has 3 rings (SSSR count). The van der Waals surface area contributed by atoms with E-state index in [1.54, 1.807) is 19.2 Å². The lowest BCUT2D eigenvalue weighted by molar-refractivity contribution is 0.134. The first kappa shape index (κ1) is 17.1. The molecule has 1 aliphatic heterocycles. The van der Waals surface area contributed by atoms with Gasteiger partial charge in [-0.1, -0.05) is 50.2 Å². The van der Waals surface area contributed by atoms with Crippen molar-refractivity contribution in [1.29, 1.82) is 0 Å². The molecule has 0 amide bonds. The minimum absolute atomic E-state index is 0.157. The highest BCUT2D eigenvalue weighted by atomic mass is 32.2. The summed E-state index contributed by atoms with van der Waals surface area (Å²) in [7, 11) is -1.91. The van der Waals surface area contributed by atoms with Crippen LogP contribution in [0.3, 0.4) is 0 Å². The Morgan fingerprint density at radius 3 is 2.33 bits per heavy atom. The summed E-state index contributed by atoms with van der Waals surface area (Å²) in [5.41, 5.74) is 3.04. The highest BCUT2D eigenvalue weighted by Crippen LogP contribution is 2.33. The minimum atomic E-state index is -3.58. The molecule has 1 aliphatic rings. The molecule has 0 fully saturated rings. The highest BCUT2D eigenvalue weighted by Gasteiger charge is 2.31. The molecule has 4 nitrogen and oxygen atoms in total. The fourth-order valence-corrected chi connectivity index (χ4v) is 4.82. The van der Waals surface area contributed by atoms with E-state index < -0.39 is 10.0 Å². The van der Waals surface area contributed by atoms with Gasteiger partial charge in [-0.3, -0.25) is 0 Å². The SMILES string of the molecule is CC(C)C(c1ccccc1)N(C)S(=O)(=O)c1ccc2c(c1)COC2. The molecule has 1 atom stereocenters. The molecule has 0 spiro atoms. The van der Waals surface area contributed by atoms with Gasteiger partial charge in [-0.15, -0.1) is 0 Å². The van der Waals surface area contributed by atoms with Gasteiger partial charge in [0.05, 0.1) is 24.2 Å². The number of fused-ring (bicyclic) bond motifs is 1. The van der Waals surface area contributed by atoms with E-state index in [9.17, 15) is 8.42 Å². The van der Waals surface area contributed by atoms with Gasteiger partial charge < -0.3 is 4.74 Å². The van der Waals surface area contributed by atoms with Crippen LogP contribution in [0.4, 0.5) is 0 Å². The van der Waals surface area contributed by atoms with Gasteiger partial charge in [-0.05, 0) is 34.7 Å². The maximum atomic E-state index is 13.1. The van der Waals surface area contributed by atoms with Gasteiger partial charge >= 0.3 is 0 Å². The summed E-state index contributed by atoms with van der Waals surface area (Å²) in [5, 5.41) is 0. The van der Waals surface area contributed by atoms with Crippen LogP contribution in [-0.4, -0.2) is 19.8 Å². The zero-order valence-electron chi connectivity index (χ0n) is 14.3. The van der Waals surface area contributed by atoms with E-state index >= 15 is 0 Å². The fourth-order valence-electron chi connectivity index (χ4n) is 3.29. The topological polar surface area (TPSA) is 46.6 Å². The van der Waals surface area contributed by atoms with Crippen molar-refractivity contribution in [3.05, 3.63) is 65.2 Å². The van der Waals surface area contributed by atoms with Gasteiger partial charge in [0.15, 0.2) is 0 Å². The lowest BCUT2D eigenvalue weighted by Gasteiger charge is -2.31. The minimum Gasteiger partial charge on any atom is -0.372 e. The number of hydrogen-bond acceptors (Lipinski definition) is 3. The first-order chi connectivity index (χ1) is 11.4. The van der Waals surface area contributed by atoms with E-state index in [1.807, 2.05) is 50.2 Å². The summed E-state index contributed by atoms with van der Waals surface area (Å²) >= 11 is 0. The number of benzene rings is 2. The Labute approximate surface area is 144 Å². The van der Waals surface area contributed by atoms with Crippen LogP contribution in [-0.2, 0) is 28.0 Å².